The molecule has 0 amide bonds. The van der Waals surface area contributed by atoms with E-state index in [2.05, 4.69) is 44.1 Å². The fraction of sp³-hybridized carbons (Fsp3) is 0.688. The van der Waals surface area contributed by atoms with E-state index in [1.54, 1.807) is 0 Å². The fourth-order valence-electron chi connectivity index (χ4n) is 2.90. The Morgan fingerprint density at radius 1 is 1.42 bits per heavy atom. The molecule has 0 saturated carbocycles. The van der Waals surface area contributed by atoms with Gasteiger partial charge in [0.2, 0.25) is 0 Å². The van der Waals surface area contributed by atoms with Crippen LogP contribution < -0.4 is 5.32 Å². The molecule has 1 N–H and O–H groups in total. The molecule has 3 nitrogen and oxygen atoms in total. The number of aryl methyl sites for hydroxylation is 1. The number of pyridine rings is 1. The van der Waals surface area contributed by atoms with E-state index >= 15 is 0 Å². The molecule has 1 aromatic heterocycles. The van der Waals surface area contributed by atoms with Crippen LogP contribution in [0.2, 0.25) is 0 Å². The maximum atomic E-state index is 5.90. The minimum atomic E-state index is 0.229. The smallest absolute Gasteiger partial charge is 0.0664 e. The lowest BCUT2D eigenvalue weighted by Crippen LogP contribution is -2.36. The fourth-order valence-corrected chi connectivity index (χ4v) is 2.90. The molecule has 1 fully saturated rings. The minimum absolute atomic E-state index is 0.229. The first-order valence-corrected chi connectivity index (χ1v) is 7.21. The van der Waals surface area contributed by atoms with Gasteiger partial charge in [-0.3, -0.25) is 4.98 Å². The molecule has 1 aliphatic heterocycles. The Hall–Kier alpha value is -0.930. The average molecular weight is 262 g/mol. The van der Waals surface area contributed by atoms with Crippen LogP contribution in [-0.2, 0) is 11.3 Å². The van der Waals surface area contributed by atoms with Gasteiger partial charge in [-0.15, -0.1) is 0 Å². The molecule has 1 aromatic rings. The minimum Gasteiger partial charge on any atom is -0.377 e. The zero-order valence-electron chi connectivity index (χ0n) is 12.6. The van der Waals surface area contributed by atoms with Gasteiger partial charge in [-0.1, -0.05) is 26.8 Å². The van der Waals surface area contributed by atoms with Gasteiger partial charge in [-0.2, -0.15) is 0 Å². The van der Waals surface area contributed by atoms with Gasteiger partial charge in [0.05, 0.1) is 6.10 Å². The number of nitrogens with one attached hydrogen (secondary N) is 1. The summed E-state index contributed by atoms with van der Waals surface area (Å²) in [5.41, 5.74) is 2.63. The molecule has 0 aromatic carbocycles. The van der Waals surface area contributed by atoms with Gasteiger partial charge >= 0.3 is 0 Å². The molecule has 2 atom stereocenters. The van der Waals surface area contributed by atoms with E-state index in [1.165, 1.54) is 12.0 Å². The summed E-state index contributed by atoms with van der Waals surface area (Å²) in [5.74, 6) is 0.622. The first-order valence-electron chi connectivity index (χ1n) is 7.21. The molecule has 1 saturated heterocycles. The summed E-state index contributed by atoms with van der Waals surface area (Å²) in [5, 5.41) is 3.57. The van der Waals surface area contributed by atoms with Gasteiger partial charge in [0.1, 0.15) is 0 Å². The van der Waals surface area contributed by atoms with Crippen molar-refractivity contribution in [1.82, 2.24) is 10.3 Å². The second-order valence-electron chi connectivity index (χ2n) is 6.59. The lowest BCUT2D eigenvalue weighted by Gasteiger charge is -2.31. The SMILES string of the molecule is Cc1ncccc1CNC[C@H]1CCO[C@@H]1C(C)(C)C. The third kappa shape index (κ3) is 3.77. The van der Waals surface area contributed by atoms with E-state index < -0.39 is 0 Å². The third-order valence-electron chi connectivity index (χ3n) is 3.91. The van der Waals surface area contributed by atoms with Crippen molar-refractivity contribution < 1.29 is 4.74 Å². The Bertz CT molecular complexity index is 411. The predicted molar refractivity (Wildman–Crippen MR) is 78.0 cm³/mol. The molecule has 2 heterocycles. The van der Waals surface area contributed by atoms with Crippen LogP contribution in [0.25, 0.3) is 0 Å². The summed E-state index contributed by atoms with van der Waals surface area (Å²) in [6, 6.07) is 4.14. The number of nitrogens with zero attached hydrogens (tertiary/aromatic N) is 1. The van der Waals surface area contributed by atoms with Crippen molar-refractivity contribution in [2.45, 2.75) is 46.8 Å². The molecule has 3 heteroatoms. The van der Waals surface area contributed by atoms with E-state index in [0.717, 1.165) is 25.4 Å². The van der Waals surface area contributed by atoms with Crippen LogP contribution in [0, 0.1) is 18.3 Å². The monoisotopic (exact) mass is 262 g/mol. The Kier molecular flexibility index (Phi) is 4.58. The van der Waals surface area contributed by atoms with Crippen molar-refractivity contribution in [2.75, 3.05) is 13.2 Å². The Labute approximate surface area is 116 Å². The number of aromatic nitrogens is 1. The summed E-state index contributed by atoms with van der Waals surface area (Å²) in [6.07, 6.45) is 3.38. The predicted octanol–water partition coefficient (Wildman–Crippen LogP) is 2.93. The highest BCUT2D eigenvalue weighted by molar-refractivity contribution is 5.17. The van der Waals surface area contributed by atoms with Crippen molar-refractivity contribution in [3.8, 4) is 0 Å². The Balaban J connectivity index is 1.84. The van der Waals surface area contributed by atoms with Gasteiger partial charge in [0.25, 0.3) is 0 Å². The maximum absolute atomic E-state index is 5.90. The number of hydrogen-bond donors (Lipinski definition) is 1. The molecular formula is C16H26N2O. The summed E-state index contributed by atoms with van der Waals surface area (Å²) < 4.78 is 5.90. The second-order valence-corrected chi connectivity index (χ2v) is 6.59. The number of ether oxygens (including phenoxy) is 1. The van der Waals surface area contributed by atoms with E-state index in [9.17, 15) is 0 Å². The first kappa shape index (κ1) is 14.5. The molecule has 1 aliphatic rings. The van der Waals surface area contributed by atoms with Crippen LogP contribution in [0.4, 0.5) is 0 Å². The summed E-state index contributed by atoms with van der Waals surface area (Å²) in [7, 11) is 0. The molecule has 0 radical (unpaired) electrons. The lowest BCUT2D eigenvalue weighted by atomic mass is 9.81. The van der Waals surface area contributed by atoms with Crippen LogP contribution in [0.15, 0.2) is 18.3 Å². The van der Waals surface area contributed by atoms with E-state index in [1.807, 2.05) is 12.3 Å². The first-order chi connectivity index (χ1) is 8.98. The van der Waals surface area contributed by atoms with Gasteiger partial charge < -0.3 is 10.1 Å². The van der Waals surface area contributed by atoms with Gasteiger partial charge in [-0.05, 0) is 30.4 Å². The van der Waals surface area contributed by atoms with Crippen molar-refractivity contribution in [3.63, 3.8) is 0 Å². The summed E-state index contributed by atoms with van der Waals surface area (Å²) in [6.45, 7) is 11.7. The number of rotatable bonds is 4. The Morgan fingerprint density at radius 2 is 2.21 bits per heavy atom. The van der Waals surface area contributed by atoms with Crippen molar-refractivity contribution in [2.24, 2.45) is 11.3 Å². The second kappa shape index (κ2) is 6.02. The molecule has 19 heavy (non-hydrogen) atoms. The van der Waals surface area contributed by atoms with Crippen LogP contribution >= 0.6 is 0 Å². The lowest BCUT2D eigenvalue weighted by molar-refractivity contribution is 0.00720. The molecule has 0 bridgehead atoms. The highest BCUT2D eigenvalue weighted by atomic mass is 16.5. The highest BCUT2D eigenvalue weighted by Gasteiger charge is 2.36. The van der Waals surface area contributed by atoms with Crippen LogP contribution in [0.5, 0.6) is 0 Å². The third-order valence-corrected chi connectivity index (χ3v) is 3.91. The summed E-state index contributed by atoms with van der Waals surface area (Å²) in [4.78, 5) is 4.32. The Morgan fingerprint density at radius 3 is 2.89 bits per heavy atom. The van der Waals surface area contributed by atoms with Crippen molar-refractivity contribution in [3.05, 3.63) is 29.6 Å². The van der Waals surface area contributed by atoms with Gasteiger partial charge in [0.15, 0.2) is 0 Å². The van der Waals surface area contributed by atoms with Crippen LogP contribution in [-0.4, -0.2) is 24.2 Å². The maximum Gasteiger partial charge on any atom is 0.0664 e. The molecule has 0 aliphatic carbocycles. The van der Waals surface area contributed by atoms with Crippen LogP contribution in [0.1, 0.15) is 38.4 Å². The normalized spacial score (nSPS) is 23.8. The van der Waals surface area contributed by atoms with Crippen LogP contribution in [0.3, 0.4) is 0 Å². The van der Waals surface area contributed by atoms with Crippen molar-refractivity contribution >= 4 is 0 Å². The molecular weight excluding hydrogens is 236 g/mol. The number of hydrogen-bond acceptors (Lipinski definition) is 3. The topological polar surface area (TPSA) is 34.2 Å². The van der Waals surface area contributed by atoms with Gasteiger partial charge in [-0.25, -0.2) is 0 Å². The standard InChI is InChI=1S/C16H26N2O/c1-12-13(6-5-8-18-12)10-17-11-14-7-9-19-15(14)16(2,3)4/h5-6,8,14-15,17H,7,9-11H2,1-4H3/t14-,15+/m1/s1. The molecule has 2 rings (SSSR count). The quantitative estimate of drug-likeness (QED) is 0.906. The van der Waals surface area contributed by atoms with Gasteiger partial charge in [0, 0.05) is 37.5 Å². The average Bonchev–Trinajstić information content (AvgIpc) is 2.80. The van der Waals surface area contributed by atoms with Crippen molar-refractivity contribution in [1.29, 1.82) is 0 Å². The van der Waals surface area contributed by atoms with E-state index in [-0.39, 0.29) is 5.41 Å². The zero-order chi connectivity index (χ0) is 13.9. The van der Waals surface area contributed by atoms with E-state index in [0.29, 0.717) is 12.0 Å². The zero-order valence-corrected chi connectivity index (χ0v) is 12.6. The largest absolute Gasteiger partial charge is 0.377 e. The molecule has 106 valence electrons. The molecule has 0 unspecified atom stereocenters. The van der Waals surface area contributed by atoms with E-state index in [4.69, 9.17) is 4.74 Å². The summed E-state index contributed by atoms with van der Waals surface area (Å²) >= 11 is 0. The molecule has 0 spiro atoms. The highest BCUT2D eigenvalue weighted by Crippen LogP contribution is 2.34.